The zero-order chi connectivity index (χ0) is 14.5. The fourth-order valence-electron chi connectivity index (χ4n) is 2.19. The van der Waals surface area contributed by atoms with Gasteiger partial charge in [-0.05, 0) is 24.1 Å². The van der Waals surface area contributed by atoms with Crippen molar-refractivity contribution in [1.29, 1.82) is 0 Å². The zero-order valence-electron chi connectivity index (χ0n) is 11.5. The predicted molar refractivity (Wildman–Crippen MR) is 79.5 cm³/mol. The topological polar surface area (TPSA) is 75.4 Å². The van der Waals surface area contributed by atoms with Crippen LogP contribution in [0.4, 0.5) is 4.39 Å². The second-order valence-electron chi connectivity index (χ2n) is 4.97. The molecule has 0 spiro atoms. The maximum absolute atomic E-state index is 13.0. The van der Waals surface area contributed by atoms with Gasteiger partial charge >= 0.3 is 0 Å². The summed E-state index contributed by atoms with van der Waals surface area (Å²) in [6.45, 7) is 1.14. The van der Waals surface area contributed by atoms with Gasteiger partial charge in [0.2, 0.25) is 11.8 Å². The Bertz CT molecular complexity index is 513. The van der Waals surface area contributed by atoms with Crippen molar-refractivity contribution < 1.29 is 14.0 Å². The standard InChI is InChI=1S/C14H18FN3O2.ClH/c15-11-3-1-2-10(6-11)7-13(19)17-8-14(20)18-5-4-12(16)9-18;/h1-3,6,12H,4-5,7-9,16H2,(H,17,19);1H/t12-;/m1./s1. The highest BCUT2D eigenvalue weighted by molar-refractivity contribution is 5.86. The number of nitrogens with two attached hydrogens (primary N) is 1. The molecule has 1 aliphatic rings. The molecule has 116 valence electrons. The van der Waals surface area contributed by atoms with Gasteiger partial charge in [0.1, 0.15) is 5.82 Å². The highest BCUT2D eigenvalue weighted by Crippen LogP contribution is 2.07. The lowest BCUT2D eigenvalue weighted by Crippen LogP contribution is -2.40. The molecule has 0 radical (unpaired) electrons. The normalized spacial score (nSPS) is 17.2. The number of amides is 2. The maximum atomic E-state index is 13.0. The van der Waals surface area contributed by atoms with E-state index in [1.165, 1.54) is 12.1 Å². The lowest BCUT2D eigenvalue weighted by Gasteiger charge is -2.16. The van der Waals surface area contributed by atoms with Gasteiger partial charge in [-0.15, -0.1) is 12.4 Å². The Labute approximate surface area is 129 Å². The van der Waals surface area contributed by atoms with Crippen molar-refractivity contribution in [3.8, 4) is 0 Å². The van der Waals surface area contributed by atoms with E-state index in [0.717, 1.165) is 6.42 Å². The van der Waals surface area contributed by atoms with Gasteiger partial charge in [-0.1, -0.05) is 12.1 Å². The van der Waals surface area contributed by atoms with E-state index in [1.54, 1.807) is 17.0 Å². The molecule has 1 aromatic carbocycles. The summed E-state index contributed by atoms with van der Waals surface area (Å²) in [6.07, 6.45) is 0.855. The van der Waals surface area contributed by atoms with E-state index in [-0.39, 0.29) is 49.0 Å². The third-order valence-electron chi connectivity index (χ3n) is 3.27. The second-order valence-corrected chi connectivity index (χ2v) is 4.97. The number of carbonyl (C=O) groups excluding carboxylic acids is 2. The van der Waals surface area contributed by atoms with Crippen LogP contribution in [0.5, 0.6) is 0 Å². The van der Waals surface area contributed by atoms with Crippen molar-refractivity contribution in [2.45, 2.75) is 18.9 Å². The van der Waals surface area contributed by atoms with Gasteiger partial charge in [-0.25, -0.2) is 4.39 Å². The first-order valence-corrected chi connectivity index (χ1v) is 6.59. The molecule has 1 fully saturated rings. The Morgan fingerprint density at radius 3 is 2.81 bits per heavy atom. The summed E-state index contributed by atoms with van der Waals surface area (Å²) >= 11 is 0. The summed E-state index contributed by atoms with van der Waals surface area (Å²) in [6, 6.07) is 5.88. The third-order valence-corrected chi connectivity index (χ3v) is 3.27. The van der Waals surface area contributed by atoms with Crippen LogP contribution < -0.4 is 11.1 Å². The number of hydrogen-bond acceptors (Lipinski definition) is 3. The predicted octanol–water partition coefficient (Wildman–Crippen LogP) is 0.466. The molecule has 1 atom stereocenters. The van der Waals surface area contributed by atoms with Gasteiger partial charge in [0, 0.05) is 19.1 Å². The zero-order valence-corrected chi connectivity index (χ0v) is 12.4. The molecule has 1 saturated heterocycles. The molecule has 0 bridgehead atoms. The van der Waals surface area contributed by atoms with E-state index < -0.39 is 0 Å². The minimum atomic E-state index is -0.377. The van der Waals surface area contributed by atoms with Gasteiger partial charge in [-0.3, -0.25) is 9.59 Å². The Balaban J connectivity index is 0.00000220. The third kappa shape index (κ3) is 5.32. The number of carbonyl (C=O) groups is 2. The monoisotopic (exact) mass is 315 g/mol. The summed E-state index contributed by atoms with van der Waals surface area (Å²) in [5, 5.41) is 2.55. The van der Waals surface area contributed by atoms with Gasteiger partial charge in [-0.2, -0.15) is 0 Å². The van der Waals surface area contributed by atoms with Crippen molar-refractivity contribution in [1.82, 2.24) is 10.2 Å². The molecule has 21 heavy (non-hydrogen) atoms. The number of nitrogens with zero attached hydrogens (tertiary/aromatic N) is 1. The van der Waals surface area contributed by atoms with Gasteiger partial charge in [0.25, 0.3) is 0 Å². The van der Waals surface area contributed by atoms with E-state index in [1.807, 2.05) is 0 Å². The SMILES string of the molecule is Cl.N[C@@H]1CCN(C(=O)CNC(=O)Cc2cccc(F)c2)C1. The summed E-state index contributed by atoms with van der Waals surface area (Å²) < 4.78 is 13.0. The first-order valence-electron chi connectivity index (χ1n) is 6.59. The minimum Gasteiger partial charge on any atom is -0.347 e. The van der Waals surface area contributed by atoms with E-state index in [9.17, 15) is 14.0 Å². The van der Waals surface area contributed by atoms with Crippen LogP contribution in [0.1, 0.15) is 12.0 Å². The smallest absolute Gasteiger partial charge is 0.242 e. The molecule has 1 heterocycles. The van der Waals surface area contributed by atoms with E-state index >= 15 is 0 Å². The van der Waals surface area contributed by atoms with Crippen LogP contribution in [-0.2, 0) is 16.0 Å². The molecule has 1 aliphatic heterocycles. The van der Waals surface area contributed by atoms with Crippen LogP contribution in [0.25, 0.3) is 0 Å². The summed E-state index contributed by atoms with van der Waals surface area (Å²) in [4.78, 5) is 25.1. The molecular weight excluding hydrogens is 297 g/mol. The van der Waals surface area contributed by atoms with Crippen LogP contribution in [0.2, 0.25) is 0 Å². The van der Waals surface area contributed by atoms with E-state index in [4.69, 9.17) is 5.73 Å². The van der Waals surface area contributed by atoms with Crippen LogP contribution in [0, 0.1) is 5.82 Å². The average Bonchev–Trinajstić information content (AvgIpc) is 2.83. The molecule has 1 aromatic rings. The van der Waals surface area contributed by atoms with Gasteiger partial charge in [0.05, 0.1) is 13.0 Å². The van der Waals surface area contributed by atoms with Crippen molar-refractivity contribution in [3.05, 3.63) is 35.6 Å². The van der Waals surface area contributed by atoms with E-state index in [0.29, 0.717) is 18.7 Å². The molecule has 0 saturated carbocycles. The lowest BCUT2D eigenvalue weighted by molar-refractivity contribution is -0.131. The van der Waals surface area contributed by atoms with Crippen LogP contribution in [0.3, 0.4) is 0 Å². The highest BCUT2D eigenvalue weighted by Gasteiger charge is 2.23. The van der Waals surface area contributed by atoms with Gasteiger partial charge < -0.3 is 16.0 Å². The molecule has 7 heteroatoms. The highest BCUT2D eigenvalue weighted by atomic mass is 35.5. The Morgan fingerprint density at radius 1 is 1.43 bits per heavy atom. The number of halogens is 2. The quantitative estimate of drug-likeness (QED) is 0.848. The van der Waals surface area contributed by atoms with Crippen molar-refractivity contribution in [2.75, 3.05) is 19.6 Å². The number of benzene rings is 1. The molecule has 0 aromatic heterocycles. The summed E-state index contributed by atoms with van der Waals surface area (Å²) in [7, 11) is 0. The van der Waals surface area contributed by atoms with Crippen LogP contribution in [-0.4, -0.2) is 42.4 Å². The molecule has 2 amide bonds. The lowest BCUT2D eigenvalue weighted by atomic mass is 10.1. The summed E-state index contributed by atoms with van der Waals surface area (Å²) in [5.41, 5.74) is 6.30. The second kappa shape index (κ2) is 7.95. The Kier molecular flexibility index (Phi) is 6.58. The molecular formula is C14H19ClFN3O2. The van der Waals surface area contributed by atoms with Crippen LogP contribution in [0.15, 0.2) is 24.3 Å². The number of hydrogen-bond donors (Lipinski definition) is 2. The minimum absolute atomic E-state index is 0. The molecule has 2 rings (SSSR count). The first kappa shape index (κ1) is 17.4. The molecule has 3 N–H and O–H groups in total. The molecule has 5 nitrogen and oxygen atoms in total. The fraction of sp³-hybridized carbons (Fsp3) is 0.429. The van der Waals surface area contributed by atoms with Gasteiger partial charge in [0.15, 0.2) is 0 Å². The van der Waals surface area contributed by atoms with Crippen molar-refractivity contribution in [2.24, 2.45) is 5.73 Å². The number of likely N-dealkylation sites (tertiary alicyclic amines) is 1. The van der Waals surface area contributed by atoms with E-state index in [2.05, 4.69) is 5.32 Å². The van der Waals surface area contributed by atoms with Crippen LogP contribution >= 0.6 is 12.4 Å². The molecule has 0 aliphatic carbocycles. The largest absolute Gasteiger partial charge is 0.347 e. The van der Waals surface area contributed by atoms with Crippen molar-refractivity contribution >= 4 is 24.2 Å². The van der Waals surface area contributed by atoms with Crippen molar-refractivity contribution in [3.63, 3.8) is 0 Å². The maximum Gasteiger partial charge on any atom is 0.242 e. The average molecular weight is 316 g/mol. The first-order chi connectivity index (χ1) is 9.54. The Hall–Kier alpha value is -1.66. The molecule has 0 unspecified atom stereocenters. The number of nitrogens with one attached hydrogen (secondary N) is 1. The number of rotatable bonds is 4. The Morgan fingerprint density at radius 2 is 2.19 bits per heavy atom. The fourth-order valence-corrected chi connectivity index (χ4v) is 2.19. The summed E-state index contributed by atoms with van der Waals surface area (Å²) in [5.74, 6) is -0.810.